The molecule has 1 aromatic carbocycles. The summed E-state index contributed by atoms with van der Waals surface area (Å²) in [5.41, 5.74) is 1.98. The molecule has 2 amide bonds. The van der Waals surface area contributed by atoms with Gasteiger partial charge in [0.1, 0.15) is 5.82 Å². The summed E-state index contributed by atoms with van der Waals surface area (Å²) in [7, 11) is 0. The van der Waals surface area contributed by atoms with Gasteiger partial charge in [-0.05, 0) is 61.1 Å². The molecule has 27 heavy (non-hydrogen) atoms. The minimum atomic E-state index is -0.284. The van der Waals surface area contributed by atoms with Crippen LogP contribution in [0.4, 0.5) is 9.18 Å². The second-order valence-electron chi connectivity index (χ2n) is 7.16. The first-order valence-electron chi connectivity index (χ1n) is 9.56. The number of nitrogens with one attached hydrogen (secondary N) is 1. The van der Waals surface area contributed by atoms with Crippen LogP contribution in [0, 0.1) is 5.82 Å². The minimum Gasteiger partial charge on any atom is -0.376 e. The van der Waals surface area contributed by atoms with Crippen molar-refractivity contribution in [1.82, 2.24) is 15.2 Å². The van der Waals surface area contributed by atoms with Crippen LogP contribution in [0.1, 0.15) is 48.9 Å². The molecule has 0 unspecified atom stereocenters. The van der Waals surface area contributed by atoms with E-state index >= 15 is 0 Å². The maximum atomic E-state index is 13.3. The van der Waals surface area contributed by atoms with E-state index in [-0.39, 0.29) is 30.0 Å². The largest absolute Gasteiger partial charge is 0.376 e. The zero-order chi connectivity index (χ0) is 18.6. The Bertz CT molecular complexity index is 763. The highest BCUT2D eigenvalue weighted by Gasteiger charge is 2.34. The number of amides is 2. The molecule has 0 spiro atoms. The molecule has 0 saturated carbocycles. The molecule has 3 atom stereocenters. The van der Waals surface area contributed by atoms with Crippen molar-refractivity contribution in [3.05, 3.63) is 65.7 Å². The number of halogens is 1. The number of carbonyl (C=O) groups is 1. The fourth-order valence-corrected chi connectivity index (χ4v) is 4.08. The molecule has 2 fully saturated rings. The molecular weight excluding hydrogens is 345 g/mol. The molecule has 0 aliphatic carbocycles. The monoisotopic (exact) mass is 369 g/mol. The Kier molecular flexibility index (Phi) is 5.34. The fraction of sp³-hybridized carbons (Fsp3) is 0.429. The van der Waals surface area contributed by atoms with Crippen LogP contribution in [-0.4, -0.2) is 35.2 Å². The molecule has 2 aliphatic rings. The van der Waals surface area contributed by atoms with E-state index in [4.69, 9.17) is 4.74 Å². The third kappa shape index (κ3) is 3.95. The number of hydrogen-bond donors (Lipinski definition) is 1. The first-order valence-corrected chi connectivity index (χ1v) is 9.56. The van der Waals surface area contributed by atoms with Crippen LogP contribution in [0.15, 0.2) is 48.8 Å². The highest BCUT2D eigenvalue weighted by Crippen LogP contribution is 2.33. The number of urea groups is 1. The van der Waals surface area contributed by atoms with E-state index in [1.807, 2.05) is 17.0 Å². The summed E-state index contributed by atoms with van der Waals surface area (Å²) < 4.78 is 19.2. The van der Waals surface area contributed by atoms with E-state index in [2.05, 4.69) is 10.3 Å². The zero-order valence-corrected chi connectivity index (χ0v) is 15.2. The highest BCUT2D eigenvalue weighted by atomic mass is 19.1. The Hall–Kier alpha value is -2.47. The molecule has 2 aliphatic heterocycles. The van der Waals surface area contributed by atoms with Crippen molar-refractivity contribution in [2.45, 2.75) is 43.9 Å². The third-order valence-electron chi connectivity index (χ3n) is 5.45. The first-order chi connectivity index (χ1) is 13.2. The van der Waals surface area contributed by atoms with E-state index < -0.39 is 0 Å². The Labute approximate surface area is 158 Å². The molecule has 3 heterocycles. The number of carbonyl (C=O) groups excluding carboxylic acids is 1. The van der Waals surface area contributed by atoms with Crippen molar-refractivity contribution in [2.75, 3.05) is 13.2 Å². The van der Waals surface area contributed by atoms with Gasteiger partial charge in [0.2, 0.25) is 0 Å². The molecule has 1 aromatic heterocycles. The van der Waals surface area contributed by atoms with Crippen LogP contribution < -0.4 is 5.32 Å². The van der Waals surface area contributed by atoms with Gasteiger partial charge in [0, 0.05) is 25.5 Å². The summed E-state index contributed by atoms with van der Waals surface area (Å²) in [5.74, 6) is -0.284. The Morgan fingerprint density at radius 1 is 1.15 bits per heavy atom. The molecule has 0 radical (unpaired) electrons. The number of rotatable bonds is 4. The van der Waals surface area contributed by atoms with Crippen LogP contribution >= 0.6 is 0 Å². The lowest BCUT2D eigenvalue weighted by Crippen LogP contribution is -2.44. The summed E-state index contributed by atoms with van der Waals surface area (Å²) in [5, 5.41) is 3.16. The average molecular weight is 369 g/mol. The van der Waals surface area contributed by atoms with Crippen LogP contribution in [0.3, 0.4) is 0 Å². The molecule has 6 heteroatoms. The van der Waals surface area contributed by atoms with Crippen LogP contribution in [-0.2, 0) is 4.74 Å². The average Bonchev–Trinajstić information content (AvgIpc) is 3.39. The third-order valence-corrected chi connectivity index (χ3v) is 5.45. The zero-order valence-electron chi connectivity index (χ0n) is 15.2. The van der Waals surface area contributed by atoms with Crippen molar-refractivity contribution >= 4 is 6.03 Å². The lowest BCUT2D eigenvalue weighted by Gasteiger charge is -2.30. The molecule has 2 saturated heterocycles. The van der Waals surface area contributed by atoms with Crippen molar-refractivity contribution in [3.63, 3.8) is 0 Å². The van der Waals surface area contributed by atoms with Gasteiger partial charge in [0.25, 0.3) is 0 Å². The van der Waals surface area contributed by atoms with Gasteiger partial charge in [-0.3, -0.25) is 4.98 Å². The number of aromatic nitrogens is 1. The van der Waals surface area contributed by atoms with Crippen LogP contribution in [0.5, 0.6) is 0 Å². The first kappa shape index (κ1) is 17.9. The van der Waals surface area contributed by atoms with Gasteiger partial charge in [-0.2, -0.15) is 0 Å². The SMILES string of the molecule is O=C(N[C@H](c1ccc(F)cc1)[C@@H]1CCCO1)N1CCC[C@H]1c1ccncc1. The highest BCUT2D eigenvalue weighted by molar-refractivity contribution is 5.75. The Morgan fingerprint density at radius 3 is 2.63 bits per heavy atom. The topological polar surface area (TPSA) is 54.5 Å². The molecule has 2 aromatic rings. The van der Waals surface area contributed by atoms with Gasteiger partial charge in [-0.15, -0.1) is 0 Å². The van der Waals surface area contributed by atoms with Crippen molar-refractivity contribution in [2.24, 2.45) is 0 Å². The molecule has 1 N–H and O–H groups in total. The molecular formula is C21H24FN3O2. The number of pyridine rings is 1. The van der Waals surface area contributed by atoms with Crippen LogP contribution in [0.25, 0.3) is 0 Å². The smallest absolute Gasteiger partial charge is 0.318 e. The van der Waals surface area contributed by atoms with Crippen molar-refractivity contribution in [1.29, 1.82) is 0 Å². The quantitative estimate of drug-likeness (QED) is 0.887. The number of likely N-dealkylation sites (tertiary alicyclic amines) is 1. The van der Waals surface area contributed by atoms with Gasteiger partial charge in [0.15, 0.2) is 0 Å². The van der Waals surface area contributed by atoms with Crippen molar-refractivity contribution < 1.29 is 13.9 Å². The normalized spacial score (nSPS) is 23.4. The summed E-state index contributed by atoms with van der Waals surface area (Å²) in [6.45, 7) is 1.42. The van der Waals surface area contributed by atoms with E-state index in [0.717, 1.165) is 43.4 Å². The summed E-state index contributed by atoms with van der Waals surface area (Å²) >= 11 is 0. The fourth-order valence-electron chi connectivity index (χ4n) is 4.08. The lowest BCUT2D eigenvalue weighted by atomic mass is 9.99. The summed E-state index contributed by atoms with van der Waals surface area (Å²) in [6.07, 6.45) is 7.22. The van der Waals surface area contributed by atoms with Gasteiger partial charge >= 0.3 is 6.03 Å². The molecule has 4 rings (SSSR count). The number of ether oxygens (including phenoxy) is 1. The van der Waals surface area contributed by atoms with E-state index in [0.29, 0.717) is 6.61 Å². The lowest BCUT2D eigenvalue weighted by molar-refractivity contribution is 0.0775. The van der Waals surface area contributed by atoms with Gasteiger partial charge in [0.05, 0.1) is 18.2 Å². The van der Waals surface area contributed by atoms with Gasteiger partial charge in [-0.25, -0.2) is 9.18 Å². The second kappa shape index (κ2) is 8.05. The summed E-state index contributed by atoms with van der Waals surface area (Å²) in [6, 6.07) is 9.93. The van der Waals surface area contributed by atoms with Crippen LogP contribution in [0.2, 0.25) is 0 Å². The van der Waals surface area contributed by atoms with Gasteiger partial charge in [-0.1, -0.05) is 12.1 Å². The maximum Gasteiger partial charge on any atom is 0.318 e. The predicted molar refractivity (Wildman–Crippen MR) is 99.6 cm³/mol. The number of nitrogens with zero attached hydrogens (tertiary/aromatic N) is 2. The van der Waals surface area contributed by atoms with Crippen molar-refractivity contribution in [3.8, 4) is 0 Å². The molecule has 142 valence electrons. The standard InChI is InChI=1S/C21H24FN3O2/c22-17-7-5-16(6-8-17)20(19-4-2-14-27-19)24-21(26)25-13-1-3-18(25)15-9-11-23-12-10-15/h5-12,18-20H,1-4,13-14H2,(H,24,26)/t18-,19-,20+/m0/s1. The van der Waals surface area contributed by atoms with E-state index in [1.54, 1.807) is 24.5 Å². The van der Waals surface area contributed by atoms with E-state index in [1.165, 1.54) is 12.1 Å². The van der Waals surface area contributed by atoms with E-state index in [9.17, 15) is 9.18 Å². The Morgan fingerprint density at radius 2 is 1.93 bits per heavy atom. The predicted octanol–water partition coefficient (Wildman–Crippen LogP) is 3.99. The maximum absolute atomic E-state index is 13.3. The Balaban J connectivity index is 1.53. The number of hydrogen-bond acceptors (Lipinski definition) is 3. The molecule has 0 bridgehead atoms. The molecule has 5 nitrogen and oxygen atoms in total. The van der Waals surface area contributed by atoms with Gasteiger partial charge < -0.3 is 15.0 Å². The second-order valence-corrected chi connectivity index (χ2v) is 7.16. The summed E-state index contributed by atoms with van der Waals surface area (Å²) in [4.78, 5) is 19.1. The number of benzene rings is 1. The minimum absolute atomic E-state index is 0.0614.